The molecule has 7 nitrogen and oxygen atoms in total. The van der Waals surface area contributed by atoms with E-state index in [0.717, 1.165) is 0 Å². The van der Waals surface area contributed by atoms with Gasteiger partial charge in [0.2, 0.25) is 12.1 Å². The highest BCUT2D eigenvalue weighted by molar-refractivity contribution is 5.95. The molecule has 1 aliphatic heterocycles. The quantitative estimate of drug-likeness (QED) is 0.928. The second-order valence-corrected chi connectivity index (χ2v) is 5.82. The van der Waals surface area contributed by atoms with Gasteiger partial charge in [0.25, 0.3) is 5.91 Å². The Bertz CT molecular complexity index is 753. The van der Waals surface area contributed by atoms with Crippen molar-refractivity contribution in [3.63, 3.8) is 0 Å². The predicted octanol–water partition coefficient (Wildman–Crippen LogP) is 1.94. The minimum Gasteiger partial charge on any atom is -0.485 e. The van der Waals surface area contributed by atoms with Crippen LogP contribution in [0.3, 0.4) is 0 Å². The molecule has 2 heterocycles. The zero-order valence-electron chi connectivity index (χ0n) is 14.2. The lowest BCUT2D eigenvalue weighted by Gasteiger charge is -2.26. The van der Waals surface area contributed by atoms with Crippen LogP contribution in [0.2, 0.25) is 0 Å². The fraction of sp³-hybridized carbons (Fsp3) is 0.353. The first kappa shape index (κ1) is 16.0. The van der Waals surface area contributed by atoms with E-state index >= 15 is 0 Å². The van der Waals surface area contributed by atoms with E-state index < -0.39 is 6.10 Å². The molecule has 1 amide bonds. The Morgan fingerprint density at radius 2 is 1.79 bits per heavy atom. The SMILES string of the molecule is Cc1nc(N(C)C)nc(C)c1NC(=O)C1COc2ccccc2O1. The van der Waals surface area contributed by atoms with Gasteiger partial charge in [0.15, 0.2) is 11.5 Å². The van der Waals surface area contributed by atoms with Gasteiger partial charge in [-0.1, -0.05) is 12.1 Å². The molecule has 126 valence electrons. The third-order valence-electron chi connectivity index (χ3n) is 3.71. The van der Waals surface area contributed by atoms with Crippen LogP contribution in [0.1, 0.15) is 11.4 Å². The standard InChI is InChI=1S/C17H20N4O3/c1-10-15(11(2)19-17(18-10)21(3)4)20-16(22)14-9-23-12-7-5-6-8-13(12)24-14/h5-8,14H,9H2,1-4H3,(H,20,22). The van der Waals surface area contributed by atoms with E-state index in [0.29, 0.717) is 34.5 Å². The van der Waals surface area contributed by atoms with Crippen molar-refractivity contribution in [2.24, 2.45) is 0 Å². The van der Waals surface area contributed by atoms with E-state index in [1.807, 2.05) is 51.0 Å². The van der Waals surface area contributed by atoms with Gasteiger partial charge < -0.3 is 19.7 Å². The van der Waals surface area contributed by atoms with Gasteiger partial charge in [-0.3, -0.25) is 4.79 Å². The molecule has 0 bridgehead atoms. The van der Waals surface area contributed by atoms with Crippen molar-refractivity contribution in [3.05, 3.63) is 35.7 Å². The van der Waals surface area contributed by atoms with Gasteiger partial charge in [0, 0.05) is 14.1 Å². The van der Waals surface area contributed by atoms with Crippen molar-refractivity contribution in [3.8, 4) is 11.5 Å². The van der Waals surface area contributed by atoms with Crippen LogP contribution >= 0.6 is 0 Å². The highest BCUT2D eigenvalue weighted by Gasteiger charge is 2.28. The second kappa shape index (κ2) is 6.35. The Kier molecular flexibility index (Phi) is 4.24. The van der Waals surface area contributed by atoms with E-state index in [4.69, 9.17) is 9.47 Å². The van der Waals surface area contributed by atoms with Crippen LogP contribution in [-0.4, -0.2) is 42.7 Å². The summed E-state index contributed by atoms with van der Waals surface area (Å²) in [6.07, 6.45) is -0.716. The maximum absolute atomic E-state index is 12.5. The molecular weight excluding hydrogens is 308 g/mol. The summed E-state index contributed by atoms with van der Waals surface area (Å²) in [5.41, 5.74) is 2.02. The van der Waals surface area contributed by atoms with Crippen molar-refractivity contribution in [2.75, 3.05) is 30.9 Å². The van der Waals surface area contributed by atoms with Crippen LogP contribution in [-0.2, 0) is 4.79 Å². The minimum absolute atomic E-state index is 0.164. The molecule has 0 radical (unpaired) electrons. The number of aromatic nitrogens is 2. The van der Waals surface area contributed by atoms with Gasteiger partial charge in [0.1, 0.15) is 6.61 Å². The average Bonchev–Trinajstić information content (AvgIpc) is 2.57. The molecule has 0 aliphatic carbocycles. The molecule has 1 N–H and O–H groups in total. The lowest BCUT2D eigenvalue weighted by atomic mass is 10.2. The van der Waals surface area contributed by atoms with E-state index in [2.05, 4.69) is 15.3 Å². The first-order valence-corrected chi connectivity index (χ1v) is 7.67. The maximum Gasteiger partial charge on any atom is 0.269 e. The topological polar surface area (TPSA) is 76.6 Å². The molecule has 0 spiro atoms. The van der Waals surface area contributed by atoms with E-state index in [-0.39, 0.29) is 12.5 Å². The molecule has 0 fully saturated rings. The van der Waals surface area contributed by atoms with Crippen LogP contribution in [0.5, 0.6) is 11.5 Å². The molecule has 7 heteroatoms. The molecular formula is C17H20N4O3. The summed E-state index contributed by atoms with van der Waals surface area (Å²) in [6, 6.07) is 7.29. The van der Waals surface area contributed by atoms with Gasteiger partial charge in [-0.15, -0.1) is 0 Å². The number of nitrogens with zero attached hydrogens (tertiary/aromatic N) is 3. The summed E-state index contributed by atoms with van der Waals surface area (Å²) in [7, 11) is 3.74. The number of hydrogen-bond acceptors (Lipinski definition) is 6. The largest absolute Gasteiger partial charge is 0.485 e. The number of benzene rings is 1. The molecule has 1 atom stereocenters. The number of nitrogens with one attached hydrogen (secondary N) is 1. The van der Waals surface area contributed by atoms with Crippen LogP contribution in [0.4, 0.5) is 11.6 Å². The monoisotopic (exact) mass is 328 g/mol. The number of carbonyl (C=O) groups excluding carboxylic acids is 1. The minimum atomic E-state index is -0.716. The van der Waals surface area contributed by atoms with E-state index in [1.165, 1.54) is 0 Å². The zero-order valence-corrected chi connectivity index (χ0v) is 14.2. The van der Waals surface area contributed by atoms with Crippen molar-refractivity contribution in [2.45, 2.75) is 20.0 Å². The third kappa shape index (κ3) is 3.10. The van der Waals surface area contributed by atoms with E-state index in [1.54, 1.807) is 6.07 Å². The number of anilines is 2. The van der Waals surface area contributed by atoms with Crippen LogP contribution < -0.4 is 19.7 Å². The molecule has 1 aliphatic rings. The predicted molar refractivity (Wildman–Crippen MR) is 90.8 cm³/mol. The summed E-state index contributed by atoms with van der Waals surface area (Å²) in [5, 5.41) is 2.86. The average molecular weight is 328 g/mol. The Labute approximate surface area is 140 Å². The van der Waals surface area contributed by atoms with E-state index in [9.17, 15) is 4.79 Å². The molecule has 3 rings (SSSR count). The summed E-state index contributed by atoms with van der Waals surface area (Å²) >= 11 is 0. The summed E-state index contributed by atoms with van der Waals surface area (Å²) in [6.45, 7) is 3.84. The van der Waals surface area contributed by atoms with Gasteiger partial charge in [-0.25, -0.2) is 9.97 Å². The normalized spacial score (nSPS) is 15.8. The number of rotatable bonds is 3. The van der Waals surface area contributed by atoms with Gasteiger partial charge in [0.05, 0.1) is 17.1 Å². The highest BCUT2D eigenvalue weighted by Crippen LogP contribution is 2.31. The Balaban J connectivity index is 1.76. The van der Waals surface area contributed by atoms with Crippen molar-refractivity contribution in [1.29, 1.82) is 0 Å². The molecule has 0 saturated carbocycles. The first-order valence-electron chi connectivity index (χ1n) is 7.67. The highest BCUT2D eigenvalue weighted by atomic mass is 16.6. The lowest BCUT2D eigenvalue weighted by molar-refractivity contribution is -0.125. The number of amides is 1. The summed E-state index contributed by atoms with van der Waals surface area (Å²) in [4.78, 5) is 23.1. The molecule has 24 heavy (non-hydrogen) atoms. The number of fused-ring (bicyclic) bond motifs is 1. The molecule has 1 aromatic carbocycles. The van der Waals surface area contributed by atoms with Gasteiger partial charge in [-0.2, -0.15) is 0 Å². The number of aryl methyl sites for hydroxylation is 2. The Morgan fingerprint density at radius 3 is 2.42 bits per heavy atom. The van der Waals surface area contributed by atoms with Gasteiger partial charge in [-0.05, 0) is 26.0 Å². The van der Waals surface area contributed by atoms with Crippen molar-refractivity contribution < 1.29 is 14.3 Å². The lowest BCUT2D eigenvalue weighted by Crippen LogP contribution is -2.40. The third-order valence-corrected chi connectivity index (χ3v) is 3.71. The van der Waals surface area contributed by atoms with Crippen LogP contribution in [0.25, 0.3) is 0 Å². The smallest absolute Gasteiger partial charge is 0.269 e. The Hall–Kier alpha value is -2.83. The number of ether oxygens (including phenoxy) is 2. The molecule has 1 unspecified atom stereocenters. The number of carbonyl (C=O) groups is 1. The molecule has 2 aromatic rings. The van der Waals surface area contributed by atoms with Crippen LogP contribution in [0, 0.1) is 13.8 Å². The maximum atomic E-state index is 12.5. The van der Waals surface area contributed by atoms with Crippen molar-refractivity contribution >= 4 is 17.5 Å². The van der Waals surface area contributed by atoms with Crippen molar-refractivity contribution in [1.82, 2.24) is 9.97 Å². The molecule has 0 saturated heterocycles. The number of hydrogen-bond donors (Lipinski definition) is 1. The number of para-hydroxylation sites is 2. The fourth-order valence-corrected chi connectivity index (χ4v) is 2.43. The zero-order chi connectivity index (χ0) is 17.3. The van der Waals surface area contributed by atoms with Crippen LogP contribution in [0.15, 0.2) is 24.3 Å². The summed E-state index contributed by atoms with van der Waals surface area (Å²) in [5.74, 6) is 1.54. The molecule has 1 aromatic heterocycles. The summed E-state index contributed by atoms with van der Waals surface area (Å²) < 4.78 is 11.3. The first-order chi connectivity index (χ1) is 11.5. The second-order valence-electron chi connectivity index (χ2n) is 5.82. The van der Waals surface area contributed by atoms with Gasteiger partial charge >= 0.3 is 0 Å². The Morgan fingerprint density at radius 1 is 1.17 bits per heavy atom. The fourth-order valence-electron chi connectivity index (χ4n) is 2.43.